The first kappa shape index (κ1) is 19.4. The number of amides is 2. The van der Waals surface area contributed by atoms with Gasteiger partial charge in [-0.1, -0.05) is 25.5 Å². The fraction of sp³-hybridized carbons (Fsp3) is 0.300. The molecule has 2 amide bonds. The van der Waals surface area contributed by atoms with Gasteiger partial charge in [-0.2, -0.15) is 0 Å². The molecule has 0 bridgehead atoms. The molecule has 2 rings (SSSR count). The second kappa shape index (κ2) is 10.2. The fourth-order valence-electron chi connectivity index (χ4n) is 2.16. The largest absolute Gasteiger partial charge is 0.494 e. The third-order valence-corrected chi connectivity index (χ3v) is 3.70. The van der Waals surface area contributed by atoms with Crippen LogP contribution in [-0.2, 0) is 11.3 Å². The predicted molar refractivity (Wildman–Crippen MR) is 97.4 cm³/mol. The summed E-state index contributed by atoms with van der Waals surface area (Å²) >= 11 is 0. The smallest absolute Gasteiger partial charge is 0.251 e. The van der Waals surface area contributed by atoms with Crippen LogP contribution in [-0.4, -0.2) is 25.0 Å². The van der Waals surface area contributed by atoms with Crippen molar-refractivity contribution < 1.29 is 18.7 Å². The molecule has 0 saturated carbocycles. The number of halogens is 1. The van der Waals surface area contributed by atoms with Crippen molar-refractivity contribution >= 4 is 11.8 Å². The molecule has 0 spiro atoms. The molecule has 26 heavy (non-hydrogen) atoms. The zero-order valence-electron chi connectivity index (χ0n) is 14.8. The van der Waals surface area contributed by atoms with Crippen LogP contribution in [0.3, 0.4) is 0 Å². The normalized spacial score (nSPS) is 10.2. The van der Waals surface area contributed by atoms with Crippen molar-refractivity contribution in [2.75, 3.05) is 13.2 Å². The van der Waals surface area contributed by atoms with Crippen LogP contribution in [0.4, 0.5) is 4.39 Å². The second-order valence-electron chi connectivity index (χ2n) is 5.81. The summed E-state index contributed by atoms with van der Waals surface area (Å²) in [6, 6.07) is 12.6. The SMILES string of the molecule is CCCCOc1ccc(C(=O)NCC(=O)NCc2ccc(F)cc2)cc1. The van der Waals surface area contributed by atoms with Crippen molar-refractivity contribution in [1.29, 1.82) is 0 Å². The van der Waals surface area contributed by atoms with Gasteiger partial charge in [0.25, 0.3) is 5.91 Å². The molecule has 2 N–H and O–H groups in total. The van der Waals surface area contributed by atoms with Gasteiger partial charge < -0.3 is 15.4 Å². The Morgan fingerprint density at radius 2 is 1.69 bits per heavy atom. The van der Waals surface area contributed by atoms with Crippen molar-refractivity contribution in [3.8, 4) is 5.75 Å². The minimum Gasteiger partial charge on any atom is -0.494 e. The van der Waals surface area contributed by atoms with Gasteiger partial charge in [-0.25, -0.2) is 4.39 Å². The van der Waals surface area contributed by atoms with Crippen molar-refractivity contribution in [2.24, 2.45) is 0 Å². The minimum atomic E-state index is -0.331. The van der Waals surface area contributed by atoms with Crippen LogP contribution < -0.4 is 15.4 Å². The van der Waals surface area contributed by atoms with Crippen LogP contribution >= 0.6 is 0 Å². The maximum absolute atomic E-state index is 12.8. The Morgan fingerprint density at radius 3 is 2.35 bits per heavy atom. The summed E-state index contributed by atoms with van der Waals surface area (Å²) in [6.45, 7) is 2.89. The molecule has 0 radical (unpaired) electrons. The van der Waals surface area contributed by atoms with Crippen LogP contribution in [0.2, 0.25) is 0 Å². The van der Waals surface area contributed by atoms with E-state index in [1.807, 2.05) is 0 Å². The summed E-state index contributed by atoms with van der Waals surface area (Å²) in [5.41, 5.74) is 1.24. The number of unbranched alkanes of at least 4 members (excludes halogenated alkanes) is 1. The van der Waals surface area contributed by atoms with Gasteiger partial charge in [-0.05, 0) is 48.4 Å². The lowest BCUT2D eigenvalue weighted by Crippen LogP contribution is -2.36. The average molecular weight is 358 g/mol. The average Bonchev–Trinajstić information content (AvgIpc) is 2.66. The third-order valence-electron chi connectivity index (χ3n) is 3.70. The highest BCUT2D eigenvalue weighted by atomic mass is 19.1. The fourth-order valence-corrected chi connectivity index (χ4v) is 2.16. The Kier molecular flexibility index (Phi) is 7.61. The third kappa shape index (κ3) is 6.55. The summed E-state index contributed by atoms with van der Waals surface area (Å²) in [4.78, 5) is 23.9. The molecule has 0 aliphatic carbocycles. The first-order chi connectivity index (χ1) is 12.6. The zero-order valence-corrected chi connectivity index (χ0v) is 14.8. The molecular formula is C20H23FN2O3. The predicted octanol–water partition coefficient (Wildman–Crippen LogP) is 3.05. The van der Waals surface area contributed by atoms with Gasteiger partial charge in [0.05, 0.1) is 13.2 Å². The van der Waals surface area contributed by atoms with Gasteiger partial charge in [0.1, 0.15) is 11.6 Å². The number of hydrogen-bond acceptors (Lipinski definition) is 3. The van der Waals surface area contributed by atoms with E-state index in [0.717, 1.165) is 18.4 Å². The molecule has 2 aromatic rings. The molecule has 0 fully saturated rings. The van der Waals surface area contributed by atoms with Gasteiger partial charge in [-0.3, -0.25) is 9.59 Å². The zero-order chi connectivity index (χ0) is 18.8. The highest BCUT2D eigenvalue weighted by molar-refractivity contribution is 5.96. The monoisotopic (exact) mass is 358 g/mol. The van der Waals surface area contributed by atoms with Crippen LogP contribution in [0.1, 0.15) is 35.7 Å². The van der Waals surface area contributed by atoms with Crippen molar-refractivity contribution in [1.82, 2.24) is 10.6 Å². The molecule has 0 aliphatic heterocycles. The molecular weight excluding hydrogens is 335 g/mol. The number of nitrogens with one attached hydrogen (secondary N) is 2. The second-order valence-corrected chi connectivity index (χ2v) is 5.81. The molecule has 0 saturated heterocycles. The number of rotatable bonds is 9. The van der Waals surface area contributed by atoms with E-state index in [9.17, 15) is 14.0 Å². The number of carbonyl (C=O) groups excluding carboxylic acids is 2. The van der Waals surface area contributed by atoms with Crippen molar-refractivity contribution in [3.05, 3.63) is 65.5 Å². The Hall–Kier alpha value is -2.89. The minimum absolute atomic E-state index is 0.130. The molecule has 2 aromatic carbocycles. The lowest BCUT2D eigenvalue weighted by Gasteiger charge is -2.08. The van der Waals surface area contributed by atoms with Crippen molar-refractivity contribution in [2.45, 2.75) is 26.3 Å². The molecule has 0 aliphatic rings. The van der Waals surface area contributed by atoms with Crippen LogP contribution in [0.25, 0.3) is 0 Å². The highest BCUT2D eigenvalue weighted by Gasteiger charge is 2.08. The summed E-state index contributed by atoms with van der Waals surface area (Å²) in [5.74, 6) is -0.259. The van der Waals surface area contributed by atoms with E-state index in [1.54, 1.807) is 36.4 Å². The van der Waals surface area contributed by atoms with E-state index in [-0.39, 0.29) is 30.7 Å². The maximum Gasteiger partial charge on any atom is 0.251 e. The molecule has 6 heteroatoms. The summed E-state index contributed by atoms with van der Waals surface area (Å²) in [6.07, 6.45) is 2.04. The van der Waals surface area contributed by atoms with E-state index in [4.69, 9.17) is 4.74 Å². The van der Waals surface area contributed by atoms with Gasteiger partial charge >= 0.3 is 0 Å². The highest BCUT2D eigenvalue weighted by Crippen LogP contribution is 2.12. The first-order valence-electron chi connectivity index (χ1n) is 8.60. The van der Waals surface area contributed by atoms with Crippen LogP contribution in [0, 0.1) is 5.82 Å². The standard InChI is InChI=1S/C20H23FN2O3/c1-2-3-12-26-18-10-6-16(7-11-18)20(25)23-14-19(24)22-13-15-4-8-17(21)9-5-15/h4-11H,2-3,12-14H2,1H3,(H,22,24)(H,23,25). The van der Waals surface area contributed by atoms with Gasteiger partial charge in [-0.15, -0.1) is 0 Å². The molecule has 0 aromatic heterocycles. The number of carbonyl (C=O) groups is 2. The number of benzene rings is 2. The lowest BCUT2D eigenvalue weighted by molar-refractivity contribution is -0.120. The van der Waals surface area contributed by atoms with Gasteiger partial charge in [0.2, 0.25) is 5.91 Å². The maximum atomic E-state index is 12.8. The number of hydrogen-bond donors (Lipinski definition) is 2. The Bertz CT molecular complexity index is 715. The quantitative estimate of drug-likeness (QED) is 0.677. The Balaban J connectivity index is 1.73. The summed E-state index contributed by atoms with van der Waals surface area (Å²) in [5, 5.41) is 5.23. The summed E-state index contributed by atoms with van der Waals surface area (Å²) < 4.78 is 18.4. The molecule has 0 atom stereocenters. The van der Waals surface area contributed by atoms with Crippen molar-refractivity contribution in [3.63, 3.8) is 0 Å². The molecule has 138 valence electrons. The van der Waals surface area contributed by atoms with Crippen LogP contribution in [0.5, 0.6) is 5.75 Å². The Morgan fingerprint density at radius 1 is 1.00 bits per heavy atom. The molecule has 0 heterocycles. The van der Waals surface area contributed by atoms with E-state index in [1.165, 1.54) is 12.1 Å². The number of ether oxygens (including phenoxy) is 1. The Labute approximate surface area is 152 Å². The van der Waals surface area contributed by atoms with E-state index in [0.29, 0.717) is 17.9 Å². The van der Waals surface area contributed by atoms with Gasteiger partial charge in [0.15, 0.2) is 0 Å². The van der Waals surface area contributed by atoms with Gasteiger partial charge in [0, 0.05) is 12.1 Å². The van der Waals surface area contributed by atoms with E-state index in [2.05, 4.69) is 17.6 Å². The van der Waals surface area contributed by atoms with E-state index >= 15 is 0 Å². The molecule has 5 nitrogen and oxygen atoms in total. The van der Waals surface area contributed by atoms with E-state index < -0.39 is 0 Å². The topological polar surface area (TPSA) is 67.4 Å². The lowest BCUT2D eigenvalue weighted by atomic mass is 10.2. The first-order valence-corrected chi connectivity index (χ1v) is 8.60. The van der Waals surface area contributed by atoms with Crippen LogP contribution in [0.15, 0.2) is 48.5 Å². The summed E-state index contributed by atoms with van der Waals surface area (Å²) in [7, 11) is 0. The molecule has 0 unspecified atom stereocenters.